The third-order valence-corrected chi connectivity index (χ3v) is 3.32. The number of phenols is 1. The molecule has 0 aliphatic carbocycles. The number of hydrogen-bond acceptors (Lipinski definition) is 4. The first-order valence-electron chi connectivity index (χ1n) is 6.25. The van der Waals surface area contributed by atoms with Crippen molar-refractivity contribution in [3.05, 3.63) is 42.2 Å². The van der Waals surface area contributed by atoms with Crippen LogP contribution in [0.5, 0.6) is 11.5 Å². The zero-order valence-corrected chi connectivity index (χ0v) is 11.3. The fourth-order valence-electron chi connectivity index (χ4n) is 2.34. The van der Waals surface area contributed by atoms with Crippen molar-refractivity contribution >= 4 is 16.9 Å². The van der Waals surface area contributed by atoms with Gasteiger partial charge in [0, 0.05) is 23.3 Å². The lowest BCUT2D eigenvalue weighted by atomic mass is 9.99. The molecule has 6 heteroatoms. The Kier molecular flexibility index (Phi) is 2.98. The van der Waals surface area contributed by atoms with E-state index in [2.05, 4.69) is 9.97 Å². The summed E-state index contributed by atoms with van der Waals surface area (Å²) in [5.74, 6) is -0.196. The molecule has 0 atom stereocenters. The Balaban J connectivity index is 2.29. The number of nitrogens with one attached hydrogen (secondary N) is 1. The summed E-state index contributed by atoms with van der Waals surface area (Å²) in [6.07, 6.45) is 3.27. The number of H-pyrrole nitrogens is 1. The molecule has 6 nitrogen and oxygen atoms in total. The fourth-order valence-corrected chi connectivity index (χ4v) is 2.34. The van der Waals surface area contributed by atoms with E-state index in [1.807, 2.05) is 0 Å². The van der Waals surface area contributed by atoms with Crippen LogP contribution in [-0.2, 0) is 0 Å². The molecule has 4 N–H and O–H groups in total. The fraction of sp³-hybridized carbons (Fsp3) is 0.0667. The van der Waals surface area contributed by atoms with Crippen LogP contribution in [-0.4, -0.2) is 28.1 Å². The molecule has 1 aromatic carbocycles. The van der Waals surface area contributed by atoms with Crippen molar-refractivity contribution in [2.24, 2.45) is 5.73 Å². The first-order chi connectivity index (χ1) is 10.1. The summed E-state index contributed by atoms with van der Waals surface area (Å²) < 4.78 is 5.09. The van der Waals surface area contributed by atoms with Crippen molar-refractivity contribution in [3.8, 4) is 22.6 Å². The summed E-state index contributed by atoms with van der Waals surface area (Å²) in [5.41, 5.74) is 7.77. The summed E-state index contributed by atoms with van der Waals surface area (Å²) in [4.78, 5) is 19.0. The van der Waals surface area contributed by atoms with E-state index < -0.39 is 5.91 Å². The highest BCUT2D eigenvalue weighted by Gasteiger charge is 2.17. The maximum absolute atomic E-state index is 11.8. The Bertz CT molecular complexity index is 839. The molecule has 1 amide bonds. The normalized spacial score (nSPS) is 10.7. The van der Waals surface area contributed by atoms with E-state index in [1.165, 1.54) is 13.2 Å². The molecule has 3 aromatic rings. The summed E-state index contributed by atoms with van der Waals surface area (Å²) >= 11 is 0. The number of pyridine rings is 1. The van der Waals surface area contributed by atoms with E-state index in [4.69, 9.17) is 10.5 Å². The lowest BCUT2D eigenvalue weighted by Crippen LogP contribution is -2.13. The Morgan fingerprint density at radius 2 is 2.19 bits per heavy atom. The van der Waals surface area contributed by atoms with Crippen LogP contribution in [0.15, 0.2) is 36.7 Å². The Morgan fingerprint density at radius 3 is 2.90 bits per heavy atom. The van der Waals surface area contributed by atoms with Crippen LogP contribution in [0.1, 0.15) is 10.4 Å². The van der Waals surface area contributed by atoms with Crippen molar-refractivity contribution in [2.75, 3.05) is 7.11 Å². The first-order valence-corrected chi connectivity index (χ1v) is 6.25. The number of primary amides is 1. The summed E-state index contributed by atoms with van der Waals surface area (Å²) in [6, 6.07) is 6.57. The van der Waals surface area contributed by atoms with Crippen molar-refractivity contribution < 1.29 is 14.6 Å². The van der Waals surface area contributed by atoms with Crippen LogP contribution in [0, 0.1) is 0 Å². The quantitative estimate of drug-likeness (QED) is 0.684. The topological polar surface area (TPSA) is 101 Å². The van der Waals surface area contributed by atoms with Gasteiger partial charge in [0.05, 0.1) is 12.7 Å². The molecular weight excluding hydrogens is 270 g/mol. The van der Waals surface area contributed by atoms with E-state index in [0.29, 0.717) is 33.5 Å². The predicted octanol–water partition coefficient (Wildman–Crippen LogP) is 2.04. The van der Waals surface area contributed by atoms with Crippen molar-refractivity contribution in [1.82, 2.24) is 9.97 Å². The van der Waals surface area contributed by atoms with Crippen molar-refractivity contribution in [3.63, 3.8) is 0 Å². The average molecular weight is 283 g/mol. The van der Waals surface area contributed by atoms with Gasteiger partial charge in [0.25, 0.3) is 0 Å². The van der Waals surface area contributed by atoms with Gasteiger partial charge < -0.3 is 20.6 Å². The molecule has 2 aromatic heterocycles. The number of aromatic amines is 1. The molecule has 0 aliphatic rings. The molecule has 0 unspecified atom stereocenters. The van der Waals surface area contributed by atoms with Gasteiger partial charge in [-0.3, -0.25) is 4.79 Å². The molecule has 0 radical (unpaired) electrons. The number of fused-ring (bicyclic) bond motifs is 1. The van der Waals surface area contributed by atoms with Crippen LogP contribution in [0.25, 0.3) is 22.2 Å². The number of aromatic hydroxyl groups is 1. The number of ether oxygens (including phenoxy) is 1. The lowest BCUT2D eigenvalue weighted by Gasteiger charge is -2.10. The van der Waals surface area contributed by atoms with Crippen molar-refractivity contribution in [2.45, 2.75) is 0 Å². The van der Waals surface area contributed by atoms with E-state index in [9.17, 15) is 9.90 Å². The number of methoxy groups -OCH3 is 1. The number of carbonyl (C=O) groups excluding carboxylic acids is 1. The largest absolute Gasteiger partial charge is 0.504 e. The van der Waals surface area contributed by atoms with Crippen LogP contribution < -0.4 is 10.5 Å². The van der Waals surface area contributed by atoms with E-state index in [1.54, 1.807) is 30.6 Å². The third-order valence-electron chi connectivity index (χ3n) is 3.32. The predicted molar refractivity (Wildman–Crippen MR) is 78.3 cm³/mol. The van der Waals surface area contributed by atoms with Gasteiger partial charge in [0.15, 0.2) is 11.5 Å². The minimum Gasteiger partial charge on any atom is -0.504 e. The smallest absolute Gasteiger partial charge is 0.250 e. The molecule has 0 aliphatic heterocycles. The molecule has 0 spiro atoms. The molecule has 0 saturated heterocycles. The zero-order valence-electron chi connectivity index (χ0n) is 11.3. The first kappa shape index (κ1) is 13.0. The van der Waals surface area contributed by atoms with Gasteiger partial charge in [-0.15, -0.1) is 0 Å². The number of nitrogens with zero attached hydrogens (tertiary/aromatic N) is 1. The number of rotatable bonds is 3. The highest BCUT2D eigenvalue weighted by molar-refractivity contribution is 6.10. The molecule has 3 rings (SSSR count). The van der Waals surface area contributed by atoms with Gasteiger partial charge in [-0.05, 0) is 23.8 Å². The van der Waals surface area contributed by atoms with Gasteiger partial charge in [0.1, 0.15) is 5.65 Å². The summed E-state index contributed by atoms with van der Waals surface area (Å²) in [5, 5.41) is 10.3. The molecule has 0 saturated carbocycles. The standard InChI is InChI=1S/C15H13N3O3/c1-21-12-6-8(2-3-11(12)19)10-7-18-15-9(4-5-17-15)13(10)14(16)20/h2-7,19H,1H3,(H2,16,20)(H,17,18). The van der Waals surface area contributed by atoms with Crippen LogP contribution in [0.4, 0.5) is 0 Å². The molecule has 0 bridgehead atoms. The minimum absolute atomic E-state index is 0.0255. The number of amides is 1. The Morgan fingerprint density at radius 1 is 1.38 bits per heavy atom. The van der Waals surface area contributed by atoms with E-state index in [0.717, 1.165) is 0 Å². The highest BCUT2D eigenvalue weighted by Crippen LogP contribution is 2.34. The monoisotopic (exact) mass is 283 g/mol. The lowest BCUT2D eigenvalue weighted by molar-refractivity contribution is 0.100. The van der Waals surface area contributed by atoms with Gasteiger partial charge in [-0.2, -0.15) is 0 Å². The van der Waals surface area contributed by atoms with Crippen LogP contribution in [0.3, 0.4) is 0 Å². The Labute approximate surface area is 120 Å². The summed E-state index contributed by atoms with van der Waals surface area (Å²) in [6.45, 7) is 0. The van der Waals surface area contributed by atoms with E-state index >= 15 is 0 Å². The molecule has 2 heterocycles. The second-order valence-corrected chi connectivity index (χ2v) is 4.54. The number of carbonyl (C=O) groups is 1. The second kappa shape index (κ2) is 4.82. The molecule has 106 valence electrons. The third kappa shape index (κ3) is 2.06. The zero-order chi connectivity index (χ0) is 15.0. The molecule has 21 heavy (non-hydrogen) atoms. The maximum atomic E-state index is 11.8. The van der Waals surface area contributed by atoms with Gasteiger partial charge in [-0.25, -0.2) is 4.98 Å². The molecule has 0 fully saturated rings. The summed E-state index contributed by atoms with van der Waals surface area (Å²) in [7, 11) is 1.46. The van der Waals surface area contributed by atoms with Gasteiger partial charge >= 0.3 is 0 Å². The minimum atomic E-state index is -0.538. The number of nitrogens with two attached hydrogens (primary N) is 1. The number of aromatic nitrogens is 2. The van der Waals surface area contributed by atoms with Crippen molar-refractivity contribution in [1.29, 1.82) is 0 Å². The van der Waals surface area contributed by atoms with E-state index in [-0.39, 0.29) is 5.75 Å². The van der Waals surface area contributed by atoms with Crippen LogP contribution in [0.2, 0.25) is 0 Å². The van der Waals surface area contributed by atoms with Gasteiger partial charge in [-0.1, -0.05) is 6.07 Å². The number of hydrogen-bond donors (Lipinski definition) is 3. The van der Waals surface area contributed by atoms with Gasteiger partial charge in [0.2, 0.25) is 5.91 Å². The molecular formula is C15H13N3O3. The Hall–Kier alpha value is -3.02. The highest BCUT2D eigenvalue weighted by atomic mass is 16.5. The van der Waals surface area contributed by atoms with Crippen LogP contribution >= 0.6 is 0 Å². The average Bonchev–Trinajstić information content (AvgIpc) is 2.94. The SMILES string of the molecule is COc1cc(-c2cnc3[nH]ccc3c2C(N)=O)ccc1O. The number of phenolic OH excluding ortho intramolecular Hbond substituents is 1. The maximum Gasteiger partial charge on any atom is 0.250 e. The number of benzene rings is 1. The second-order valence-electron chi connectivity index (χ2n) is 4.54.